The van der Waals surface area contributed by atoms with Crippen LogP contribution in [-0.2, 0) is 14.4 Å². The molecule has 0 aromatic carbocycles. The molecule has 8 nitrogen and oxygen atoms in total. The second-order valence-electron chi connectivity index (χ2n) is 2.76. The Morgan fingerprint density at radius 1 is 1.07 bits per heavy atom. The number of aliphatic carboxylic acids is 3. The Bertz CT molecular complexity index is 264. The molecule has 0 aliphatic heterocycles. The molecule has 0 spiro atoms. The molecule has 0 bridgehead atoms. The lowest BCUT2D eigenvalue weighted by Crippen LogP contribution is -2.41. The standard InChI is InChI=1S/C7H11NO7/c9-5(10)1-2-8(15)4(7(13)14)3-6(11)12/h4,15H,1-3H2,(H,9,10)(H,11,12)(H,13,14)/t4-/m0/s1. The van der Waals surface area contributed by atoms with Gasteiger partial charge in [-0.25, -0.2) is 0 Å². The maximum atomic E-state index is 10.5. The van der Waals surface area contributed by atoms with E-state index >= 15 is 0 Å². The van der Waals surface area contributed by atoms with Gasteiger partial charge in [-0.15, -0.1) is 0 Å². The van der Waals surface area contributed by atoms with Gasteiger partial charge >= 0.3 is 17.9 Å². The molecule has 0 rings (SSSR count). The summed E-state index contributed by atoms with van der Waals surface area (Å²) in [4.78, 5) is 30.9. The number of hydrogen-bond acceptors (Lipinski definition) is 5. The van der Waals surface area contributed by atoms with Gasteiger partial charge in [-0.2, -0.15) is 5.06 Å². The van der Waals surface area contributed by atoms with Crippen LogP contribution in [0, 0.1) is 0 Å². The van der Waals surface area contributed by atoms with E-state index in [9.17, 15) is 14.4 Å². The van der Waals surface area contributed by atoms with Gasteiger partial charge in [-0.3, -0.25) is 14.4 Å². The lowest BCUT2D eigenvalue weighted by atomic mass is 10.2. The van der Waals surface area contributed by atoms with Gasteiger partial charge in [0, 0.05) is 6.54 Å². The fourth-order valence-electron chi connectivity index (χ4n) is 0.852. The molecule has 0 heterocycles. The molecule has 0 amide bonds. The molecule has 8 heteroatoms. The second-order valence-corrected chi connectivity index (χ2v) is 2.76. The summed E-state index contributed by atoms with van der Waals surface area (Å²) < 4.78 is 0. The molecule has 86 valence electrons. The number of nitrogens with zero attached hydrogens (tertiary/aromatic N) is 1. The number of carbonyl (C=O) groups is 3. The van der Waals surface area contributed by atoms with E-state index in [1.807, 2.05) is 0 Å². The molecule has 0 unspecified atom stereocenters. The molecule has 0 radical (unpaired) electrons. The first-order valence-corrected chi connectivity index (χ1v) is 3.96. The Hall–Kier alpha value is -1.67. The molecule has 1 atom stereocenters. The third kappa shape index (κ3) is 5.60. The van der Waals surface area contributed by atoms with Gasteiger partial charge in [0.15, 0.2) is 0 Å². The normalized spacial score (nSPS) is 12.4. The van der Waals surface area contributed by atoms with E-state index in [0.717, 1.165) is 0 Å². The van der Waals surface area contributed by atoms with E-state index in [4.69, 9.17) is 20.5 Å². The highest BCUT2D eigenvalue weighted by Crippen LogP contribution is 2.03. The quantitative estimate of drug-likeness (QED) is 0.405. The first-order chi connectivity index (χ1) is 6.84. The van der Waals surface area contributed by atoms with Crippen molar-refractivity contribution in [2.24, 2.45) is 0 Å². The van der Waals surface area contributed by atoms with Crippen molar-refractivity contribution in [2.45, 2.75) is 18.9 Å². The summed E-state index contributed by atoms with van der Waals surface area (Å²) in [5.74, 6) is -4.13. The summed E-state index contributed by atoms with van der Waals surface area (Å²) in [6.07, 6.45) is -1.27. The van der Waals surface area contributed by atoms with E-state index in [2.05, 4.69) is 0 Å². The summed E-state index contributed by atoms with van der Waals surface area (Å²) in [5, 5.41) is 34.5. The summed E-state index contributed by atoms with van der Waals surface area (Å²) in [5.41, 5.74) is 0. The minimum Gasteiger partial charge on any atom is -0.481 e. The molecule has 0 aromatic heterocycles. The average molecular weight is 221 g/mol. The van der Waals surface area contributed by atoms with Crippen LogP contribution in [0.5, 0.6) is 0 Å². The predicted molar refractivity (Wildman–Crippen MR) is 44.4 cm³/mol. The first-order valence-electron chi connectivity index (χ1n) is 3.96. The van der Waals surface area contributed by atoms with Gasteiger partial charge in [0.25, 0.3) is 0 Å². The van der Waals surface area contributed by atoms with Gasteiger partial charge in [0.05, 0.1) is 12.8 Å². The zero-order valence-corrected chi connectivity index (χ0v) is 7.66. The average Bonchev–Trinajstić information content (AvgIpc) is 2.09. The fraction of sp³-hybridized carbons (Fsp3) is 0.571. The topological polar surface area (TPSA) is 135 Å². The molecule has 0 aliphatic carbocycles. The number of rotatable bonds is 7. The molecule has 0 aromatic rings. The van der Waals surface area contributed by atoms with Gasteiger partial charge in [0.1, 0.15) is 6.04 Å². The van der Waals surface area contributed by atoms with Crippen LogP contribution < -0.4 is 0 Å². The molecule has 0 fully saturated rings. The van der Waals surface area contributed by atoms with E-state index < -0.39 is 43.3 Å². The van der Waals surface area contributed by atoms with Crippen molar-refractivity contribution in [1.82, 2.24) is 5.06 Å². The van der Waals surface area contributed by atoms with Crippen LogP contribution in [0.4, 0.5) is 0 Å². The molecule has 0 saturated carbocycles. The minimum absolute atomic E-state index is 0.199. The molecule has 15 heavy (non-hydrogen) atoms. The van der Waals surface area contributed by atoms with Crippen LogP contribution in [0.15, 0.2) is 0 Å². The number of hydroxylamine groups is 2. The first kappa shape index (κ1) is 13.3. The third-order valence-electron chi connectivity index (χ3n) is 1.57. The highest BCUT2D eigenvalue weighted by atomic mass is 16.5. The van der Waals surface area contributed by atoms with E-state index in [0.29, 0.717) is 0 Å². The van der Waals surface area contributed by atoms with Crippen molar-refractivity contribution in [3.63, 3.8) is 0 Å². The van der Waals surface area contributed by atoms with E-state index in [1.165, 1.54) is 0 Å². The Balaban J connectivity index is 4.28. The van der Waals surface area contributed by atoms with Crippen molar-refractivity contribution < 1.29 is 34.9 Å². The lowest BCUT2D eigenvalue weighted by molar-refractivity contribution is -0.177. The lowest BCUT2D eigenvalue weighted by Gasteiger charge is -2.20. The maximum absolute atomic E-state index is 10.5. The van der Waals surface area contributed by atoms with Crippen LogP contribution in [-0.4, -0.2) is 56.1 Å². The Morgan fingerprint density at radius 2 is 1.60 bits per heavy atom. The zero-order chi connectivity index (χ0) is 12.0. The SMILES string of the molecule is O=C(O)CCN(O)[C@@H](CC(=O)O)C(=O)O. The predicted octanol–water partition coefficient (Wildman–Crippen LogP) is -0.920. The monoisotopic (exact) mass is 221 g/mol. The van der Waals surface area contributed by atoms with Crippen molar-refractivity contribution >= 4 is 17.9 Å². The molecule has 0 saturated heterocycles. The van der Waals surface area contributed by atoms with Crippen LogP contribution in [0.1, 0.15) is 12.8 Å². The Kier molecular flexibility index (Phi) is 5.27. The summed E-state index contributed by atoms with van der Waals surface area (Å²) >= 11 is 0. The third-order valence-corrected chi connectivity index (χ3v) is 1.57. The Morgan fingerprint density at radius 3 is 1.93 bits per heavy atom. The van der Waals surface area contributed by atoms with Crippen LogP contribution in [0.3, 0.4) is 0 Å². The number of hydrogen-bond donors (Lipinski definition) is 4. The van der Waals surface area contributed by atoms with Gasteiger partial charge in [-0.1, -0.05) is 0 Å². The second kappa shape index (κ2) is 5.94. The molecule has 4 N–H and O–H groups in total. The van der Waals surface area contributed by atoms with Gasteiger partial charge < -0.3 is 20.5 Å². The van der Waals surface area contributed by atoms with Crippen molar-refractivity contribution in [3.8, 4) is 0 Å². The minimum atomic E-state index is -1.64. The van der Waals surface area contributed by atoms with Crippen LogP contribution >= 0.6 is 0 Å². The van der Waals surface area contributed by atoms with Gasteiger partial charge in [0.2, 0.25) is 0 Å². The number of carboxylic acids is 3. The van der Waals surface area contributed by atoms with E-state index in [1.54, 1.807) is 0 Å². The molecular formula is C7H11NO7. The number of carboxylic acid groups (broad SMARTS) is 3. The van der Waals surface area contributed by atoms with Crippen LogP contribution in [0.2, 0.25) is 0 Å². The molecular weight excluding hydrogens is 210 g/mol. The summed E-state index contributed by atoms with van der Waals surface area (Å²) in [7, 11) is 0. The van der Waals surface area contributed by atoms with Crippen LogP contribution in [0.25, 0.3) is 0 Å². The van der Waals surface area contributed by atoms with Gasteiger partial charge in [-0.05, 0) is 0 Å². The smallest absolute Gasteiger partial charge is 0.323 e. The summed E-state index contributed by atoms with van der Waals surface area (Å²) in [6, 6.07) is -1.64. The maximum Gasteiger partial charge on any atom is 0.323 e. The molecule has 0 aliphatic rings. The van der Waals surface area contributed by atoms with Crippen molar-refractivity contribution in [3.05, 3.63) is 0 Å². The Labute approximate surface area is 84.3 Å². The highest BCUT2D eigenvalue weighted by Gasteiger charge is 2.27. The zero-order valence-electron chi connectivity index (χ0n) is 7.66. The van der Waals surface area contributed by atoms with Crippen molar-refractivity contribution in [2.75, 3.05) is 6.54 Å². The fourth-order valence-corrected chi connectivity index (χ4v) is 0.852. The largest absolute Gasteiger partial charge is 0.481 e. The van der Waals surface area contributed by atoms with Crippen molar-refractivity contribution in [1.29, 1.82) is 0 Å². The van der Waals surface area contributed by atoms with E-state index in [-0.39, 0.29) is 5.06 Å². The summed E-state index contributed by atoms with van der Waals surface area (Å²) in [6.45, 7) is -0.445. The highest BCUT2D eigenvalue weighted by molar-refractivity contribution is 5.80.